The van der Waals surface area contributed by atoms with Crippen molar-refractivity contribution in [2.75, 3.05) is 19.7 Å². The molecule has 7 rings (SSSR count). The van der Waals surface area contributed by atoms with Crippen LogP contribution in [0.1, 0.15) is 133 Å². The van der Waals surface area contributed by atoms with Crippen LogP contribution >= 0.6 is 0 Å². The SMILES string of the molecule is CC(=O)C1NC(=O)C(O)CNC(=O)C(C(C)O)NC(=O)C(C(O)C(O)C(N)=O)NC(=O)C(C(C)C)CC(=O)C(CO)NC(=O)C(CNC(=O)C(C)NC(=O)CCCC[C@@H](C)/C=C(\C)C2OC3C=CC2OC(=O)\C=C/C=C\C=C\[C@H]2OC4CC2O[C@@H](/C=C/C[C@H]2O[C@H](C[C@H](O)[C@H]2C)[C@@H](O)[C@@H](O)/C=C/CC/C=C/C3)C4C)NC1=O. The molecule has 26 atom stereocenters. The molecule has 622 valence electrons. The summed E-state index contributed by atoms with van der Waals surface area (Å²) in [6.07, 6.45) is 14.4. The van der Waals surface area contributed by atoms with E-state index in [2.05, 4.69) is 38.8 Å². The van der Waals surface area contributed by atoms with Gasteiger partial charge in [-0.05, 0) is 89.7 Å². The third-order valence-corrected chi connectivity index (χ3v) is 20.6. The first-order valence-corrected chi connectivity index (χ1v) is 38.3. The zero-order valence-corrected chi connectivity index (χ0v) is 64.7. The number of fused-ring (bicyclic) bond motifs is 13. The summed E-state index contributed by atoms with van der Waals surface area (Å²) in [7, 11) is 0. The van der Waals surface area contributed by atoms with Crippen molar-refractivity contribution >= 4 is 70.7 Å². The molecule has 7 aliphatic rings. The number of primary amides is 1. The smallest absolute Gasteiger partial charge is 0.331 e. The van der Waals surface area contributed by atoms with Crippen LogP contribution in [0.3, 0.4) is 0 Å². The summed E-state index contributed by atoms with van der Waals surface area (Å²) in [5, 5.41) is 104. The molecule has 34 nitrogen and oxygen atoms in total. The molecule has 112 heavy (non-hydrogen) atoms. The molecule has 0 aliphatic carbocycles. The standard InChI is InChI=1S/C78H115N9O25/c1-39(2)48-33-53(93)50(38-88)84-74(103)49(83-77(106)65(46(9)90)85-75(104)54(94)37-81-76(105)64(45(8)89)86-78(107)66(87-73(48)102)68(98)69(99)71(79)100)36-80-72(101)44(7)82-62(95)28-20-19-22-40(3)32-41(4)70-58-31-30-47(108-70)23-15-11-10-12-16-24-51(91)67(97)61-34-52(92)42(5)55(110-61)26-21-27-56-43(6)59-35-60(109-56)57(111-59)25-17-13-14-18-29-63(96)112-58/h11,13-18,21,24-25,27,29-32,39-40,42-45,47-52,54-61,64-70,88-89,91-92,94,97-99H,10,12,19-20,22-23,26,28,33-38H2,1-9H3,(H2,79,100)(H,80,101)(H,81,105)(H,82,95)(H,83,106)(H,84,103)(H,85,104)(H,86,107)(H,87,102)/b14-13-,15-11+,24-16+,25-17+,27-21+,29-18-,41-32+/t40-,42-,43?,44?,45?,47?,48?,49?,50?,51+,52+,54?,55-,56+,57-,58?,59?,60?,61-,64?,65?,66?,67+,68?,69?,70?/m1/s1. The number of hydrogen-bond donors (Lipinski definition) is 17. The maximum absolute atomic E-state index is 14.1. The average molecular weight is 1580 g/mol. The van der Waals surface area contributed by atoms with Crippen molar-refractivity contribution in [1.29, 1.82) is 0 Å². The Labute approximate surface area is 651 Å². The van der Waals surface area contributed by atoms with Gasteiger partial charge in [0.15, 0.2) is 29.8 Å². The molecule has 7 aliphatic heterocycles. The number of rotatable bonds is 18. The second-order valence-electron chi connectivity index (χ2n) is 30.0. The van der Waals surface area contributed by atoms with E-state index in [9.17, 15) is 98.4 Å². The molecule has 7 heterocycles. The molecule has 0 aromatic heterocycles. The Bertz CT molecular complexity index is 3520. The minimum Gasteiger partial charge on any atom is -0.452 e. The number of ether oxygens (including phenoxy) is 5. The Kier molecular flexibility index (Phi) is 36.9. The lowest BCUT2D eigenvalue weighted by atomic mass is 9.85. The highest BCUT2D eigenvalue weighted by atomic mass is 16.6. The van der Waals surface area contributed by atoms with Crippen LogP contribution in [-0.4, -0.2) is 265 Å². The van der Waals surface area contributed by atoms with Crippen LogP contribution in [0.5, 0.6) is 0 Å². The summed E-state index contributed by atoms with van der Waals surface area (Å²) in [6, 6.07) is -11.7. The van der Waals surface area contributed by atoms with Gasteiger partial charge in [0.05, 0.1) is 62.0 Å². The maximum Gasteiger partial charge on any atom is 0.331 e. The van der Waals surface area contributed by atoms with Crippen molar-refractivity contribution in [2.24, 2.45) is 35.3 Å². The number of aliphatic hydroxyl groups is 8. The van der Waals surface area contributed by atoms with E-state index in [1.54, 1.807) is 30.4 Å². The van der Waals surface area contributed by atoms with Crippen LogP contribution in [0.25, 0.3) is 0 Å². The van der Waals surface area contributed by atoms with Crippen molar-refractivity contribution in [3.63, 3.8) is 0 Å². The van der Waals surface area contributed by atoms with Gasteiger partial charge in [0.25, 0.3) is 11.8 Å². The molecule has 7 bridgehead atoms. The van der Waals surface area contributed by atoms with E-state index in [0.717, 1.165) is 25.8 Å². The Balaban J connectivity index is 1.09. The maximum atomic E-state index is 14.1. The van der Waals surface area contributed by atoms with Gasteiger partial charge in [-0.3, -0.25) is 52.7 Å². The highest BCUT2D eigenvalue weighted by molar-refractivity contribution is 6.08. The first-order chi connectivity index (χ1) is 53.0. The Morgan fingerprint density at radius 3 is 2.02 bits per heavy atom. The van der Waals surface area contributed by atoms with Gasteiger partial charge < -0.3 is 113 Å². The van der Waals surface area contributed by atoms with E-state index >= 15 is 0 Å². The highest BCUT2D eigenvalue weighted by Gasteiger charge is 2.47. The first kappa shape index (κ1) is 92.3. The first-order valence-electron chi connectivity index (χ1n) is 38.3. The van der Waals surface area contributed by atoms with Crippen molar-refractivity contribution in [3.05, 3.63) is 96.7 Å². The number of hydrogen-bond acceptors (Lipinski definition) is 25. The number of allylic oxidation sites excluding steroid dienone is 7. The monoisotopic (exact) mass is 1580 g/mol. The predicted octanol–water partition coefficient (Wildman–Crippen LogP) is -2.35. The van der Waals surface area contributed by atoms with Crippen LogP contribution < -0.4 is 48.3 Å². The minimum absolute atomic E-state index is 0.0323. The lowest BCUT2D eigenvalue weighted by Gasteiger charge is -2.40. The number of Topliss-reactive ketones (excluding diaryl/α,β-unsaturated/α-hetero) is 2. The second-order valence-corrected chi connectivity index (χ2v) is 30.0. The van der Waals surface area contributed by atoms with Crippen molar-refractivity contribution in [2.45, 2.75) is 267 Å². The number of β-amino-alcohol motifs (C(OH)–C–C–N with tert-alkyl or cyclic N) is 1. The van der Waals surface area contributed by atoms with Gasteiger partial charge in [0.2, 0.25) is 41.4 Å². The van der Waals surface area contributed by atoms with Crippen molar-refractivity contribution in [3.8, 4) is 0 Å². The Morgan fingerprint density at radius 1 is 0.643 bits per heavy atom. The van der Waals surface area contributed by atoms with Crippen LogP contribution in [0.4, 0.5) is 0 Å². The fourth-order valence-corrected chi connectivity index (χ4v) is 13.6. The minimum atomic E-state index is -2.54. The van der Waals surface area contributed by atoms with Crippen molar-refractivity contribution < 1.29 is 122 Å². The topological polar surface area (TPSA) is 535 Å². The third-order valence-electron chi connectivity index (χ3n) is 20.6. The average Bonchev–Trinajstić information content (AvgIpc) is 1.68. The zero-order valence-electron chi connectivity index (χ0n) is 64.7. The second kappa shape index (κ2) is 44.8. The number of ketones is 2. The molecule has 0 aromatic carbocycles. The third kappa shape index (κ3) is 27.7. The van der Waals surface area contributed by atoms with Crippen LogP contribution in [0.2, 0.25) is 0 Å². The van der Waals surface area contributed by atoms with Crippen LogP contribution in [0.15, 0.2) is 96.7 Å². The van der Waals surface area contributed by atoms with Crippen molar-refractivity contribution in [1.82, 2.24) is 42.5 Å². The van der Waals surface area contributed by atoms with Gasteiger partial charge in [-0.1, -0.05) is 120 Å². The number of unbranched alkanes of at least 4 members (excludes halogenated alkanes) is 1. The highest BCUT2D eigenvalue weighted by Crippen LogP contribution is 2.39. The number of carbonyl (C=O) groups excluding carboxylic acids is 12. The lowest BCUT2D eigenvalue weighted by Crippen LogP contribution is -2.64. The molecular formula is C78H115N9O25. The largest absolute Gasteiger partial charge is 0.452 e. The molecule has 4 saturated heterocycles. The molecule has 0 radical (unpaired) electrons. The molecule has 17 unspecified atom stereocenters. The zero-order chi connectivity index (χ0) is 82.8. The van der Waals surface area contributed by atoms with E-state index in [1.807, 2.05) is 80.0 Å². The fraction of sp³-hybridized carbons (Fsp3) is 0.641. The van der Waals surface area contributed by atoms with Gasteiger partial charge in [0, 0.05) is 56.1 Å². The summed E-state index contributed by atoms with van der Waals surface area (Å²) >= 11 is 0. The number of aliphatic hydroxyl groups excluding tert-OH is 8. The van der Waals surface area contributed by atoms with Gasteiger partial charge in [-0.2, -0.15) is 0 Å². The normalized spacial score (nSPS) is 35.3. The number of amides is 9. The Hall–Kier alpha value is -8.52. The summed E-state index contributed by atoms with van der Waals surface area (Å²) in [4.78, 5) is 162. The quantitative estimate of drug-likeness (QED) is 0.0296. The molecule has 4 fully saturated rings. The number of nitrogens with two attached hydrogens (primary N) is 1. The van der Waals surface area contributed by atoms with E-state index in [4.69, 9.17) is 29.4 Å². The van der Waals surface area contributed by atoms with Gasteiger partial charge in [0.1, 0.15) is 66.8 Å². The molecule has 18 N–H and O–H groups in total. The number of carbonyl (C=O) groups is 12. The van der Waals surface area contributed by atoms with E-state index in [0.29, 0.717) is 44.9 Å². The lowest BCUT2D eigenvalue weighted by molar-refractivity contribution is -0.175. The molecule has 0 saturated carbocycles. The molecule has 0 aromatic rings. The van der Waals surface area contributed by atoms with Gasteiger partial charge in [-0.25, -0.2) is 4.79 Å². The summed E-state index contributed by atoms with van der Waals surface area (Å²) in [5.74, 6) is -16.5. The van der Waals surface area contributed by atoms with Crippen LogP contribution in [-0.2, 0) is 81.2 Å². The van der Waals surface area contributed by atoms with Crippen LogP contribution in [0, 0.1) is 29.6 Å². The molecule has 9 amide bonds. The molecular weight excluding hydrogens is 1460 g/mol. The number of esters is 1. The number of nitrogens with one attached hydrogen (secondary N) is 8. The van der Waals surface area contributed by atoms with E-state index < -0.39 is 218 Å². The van der Waals surface area contributed by atoms with E-state index in [1.165, 1.54) is 32.9 Å². The van der Waals surface area contributed by atoms with Gasteiger partial charge in [-0.15, -0.1) is 0 Å². The fourth-order valence-electron chi connectivity index (χ4n) is 13.6. The van der Waals surface area contributed by atoms with E-state index in [-0.39, 0.29) is 55.0 Å². The summed E-state index contributed by atoms with van der Waals surface area (Å²) in [6.45, 7) is 10.9. The van der Waals surface area contributed by atoms with Gasteiger partial charge >= 0.3 is 5.97 Å². The summed E-state index contributed by atoms with van der Waals surface area (Å²) in [5.41, 5.74) is 5.94. The predicted molar refractivity (Wildman–Crippen MR) is 402 cm³/mol. The molecule has 0 spiro atoms. The Morgan fingerprint density at radius 2 is 1.33 bits per heavy atom. The summed E-state index contributed by atoms with van der Waals surface area (Å²) < 4.78 is 31.8. The molecule has 34 heteroatoms.